The van der Waals surface area contributed by atoms with Crippen molar-refractivity contribution in [1.82, 2.24) is 5.32 Å². The van der Waals surface area contributed by atoms with Crippen LogP contribution in [-0.4, -0.2) is 22.6 Å². The first-order valence-corrected chi connectivity index (χ1v) is 9.29. The molecule has 9 heteroatoms. The number of benzene rings is 3. The first-order valence-electron chi connectivity index (χ1n) is 9.29. The van der Waals surface area contributed by atoms with Crippen molar-refractivity contribution in [2.45, 2.75) is 6.42 Å². The molecule has 0 spiro atoms. The predicted molar refractivity (Wildman–Crippen MR) is 113 cm³/mol. The summed E-state index contributed by atoms with van der Waals surface area (Å²) in [6, 6.07) is 21.0. The zero-order valence-corrected chi connectivity index (χ0v) is 16.1. The summed E-state index contributed by atoms with van der Waals surface area (Å²) in [5, 5.41) is 18.8. The molecule has 0 bridgehead atoms. The van der Waals surface area contributed by atoms with E-state index in [1.807, 2.05) is 6.07 Å². The van der Waals surface area contributed by atoms with E-state index in [4.69, 9.17) is 4.74 Å². The summed E-state index contributed by atoms with van der Waals surface area (Å²) in [5.74, 6) is 0.540. The Balaban J connectivity index is 1.39. The average Bonchev–Trinajstić information content (AvgIpc) is 3.15. The number of amides is 2. The number of hydrogen-bond acceptors (Lipinski definition) is 6. The van der Waals surface area contributed by atoms with Crippen LogP contribution in [0.3, 0.4) is 0 Å². The van der Waals surface area contributed by atoms with E-state index in [0.717, 1.165) is 0 Å². The zero-order chi connectivity index (χ0) is 21.8. The summed E-state index contributed by atoms with van der Waals surface area (Å²) in [6.07, 6.45) is 0.00196. The van der Waals surface area contributed by atoms with Crippen molar-refractivity contribution < 1.29 is 19.2 Å². The number of non-ortho nitro benzene ring substituents is 1. The number of nitrogens with one attached hydrogen (secondary N) is 1. The van der Waals surface area contributed by atoms with E-state index in [2.05, 4.69) is 10.4 Å². The molecule has 3 aromatic carbocycles. The fourth-order valence-electron chi connectivity index (χ4n) is 2.92. The van der Waals surface area contributed by atoms with Crippen molar-refractivity contribution >= 4 is 29.0 Å². The molecule has 31 heavy (non-hydrogen) atoms. The molecule has 0 aromatic heterocycles. The monoisotopic (exact) mass is 416 g/mol. The number of para-hydroxylation sites is 1. The quantitative estimate of drug-likeness (QED) is 0.501. The normalized spacial score (nSPS) is 13.0. The van der Waals surface area contributed by atoms with Crippen LogP contribution >= 0.6 is 0 Å². The highest BCUT2D eigenvalue weighted by Gasteiger charge is 2.26. The largest absolute Gasteiger partial charge is 0.457 e. The van der Waals surface area contributed by atoms with E-state index in [-0.39, 0.29) is 23.9 Å². The molecular weight excluding hydrogens is 400 g/mol. The van der Waals surface area contributed by atoms with E-state index >= 15 is 0 Å². The minimum Gasteiger partial charge on any atom is -0.457 e. The summed E-state index contributed by atoms with van der Waals surface area (Å²) in [6.45, 7) is 0. The van der Waals surface area contributed by atoms with Crippen LogP contribution in [0.4, 0.5) is 11.4 Å². The number of rotatable bonds is 5. The molecule has 0 unspecified atom stereocenters. The first-order chi connectivity index (χ1) is 15.0. The highest BCUT2D eigenvalue weighted by atomic mass is 16.6. The van der Waals surface area contributed by atoms with E-state index < -0.39 is 10.8 Å². The number of carbonyl (C=O) groups excluding carboxylic acids is 2. The van der Waals surface area contributed by atoms with E-state index in [9.17, 15) is 19.7 Å². The van der Waals surface area contributed by atoms with Gasteiger partial charge in [0, 0.05) is 17.7 Å². The highest BCUT2D eigenvalue weighted by molar-refractivity contribution is 6.17. The second kappa shape index (κ2) is 8.46. The smallest absolute Gasteiger partial charge is 0.269 e. The molecule has 0 atom stereocenters. The Hall–Kier alpha value is -4.53. The third-order valence-corrected chi connectivity index (χ3v) is 4.43. The molecule has 9 nitrogen and oxygen atoms in total. The van der Waals surface area contributed by atoms with Gasteiger partial charge >= 0.3 is 0 Å². The van der Waals surface area contributed by atoms with Crippen LogP contribution in [0.25, 0.3) is 0 Å². The lowest BCUT2D eigenvalue weighted by atomic mass is 10.2. The van der Waals surface area contributed by atoms with Crippen LogP contribution in [0.15, 0.2) is 84.0 Å². The maximum absolute atomic E-state index is 12.5. The number of hydrazone groups is 1. The number of carbonyl (C=O) groups is 2. The van der Waals surface area contributed by atoms with Crippen molar-refractivity contribution in [3.8, 4) is 11.5 Å². The molecule has 2 amide bonds. The molecule has 0 saturated carbocycles. The summed E-state index contributed by atoms with van der Waals surface area (Å²) in [7, 11) is 0. The Morgan fingerprint density at radius 1 is 0.968 bits per heavy atom. The summed E-state index contributed by atoms with van der Waals surface area (Å²) < 4.78 is 5.63. The van der Waals surface area contributed by atoms with E-state index in [0.29, 0.717) is 22.7 Å². The molecule has 3 aromatic rings. The van der Waals surface area contributed by atoms with Crippen molar-refractivity contribution in [2.75, 3.05) is 5.01 Å². The standard InChI is InChI=1S/C22H16N4O5/c27-21-14-20(24-25(21)16-4-2-1-3-5-16)23-22(28)15-6-10-18(11-7-15)31-19-12-8-17(9-13-19)26(29)30/h1-13H,14H2,(H,23,24,28). The van der Waals surface area contributed by atoms with Gasteiger partial charge in [-0.05, 0) is 48.5 Å². The number of nitro groups is 1. The van der Waals surface area contributed by atoms with Gasteiger partial charge in [0.05, 0.1) is 17.0 Å². The molecule has 0 fully saturated rings. The van der Waals surface area contributed by atoms with Crippen LogP contribution in [0, 0.1) is 10.1 Å². The van der Waals surface area contributed by atoms with Crippen molar-refractivity contribution in [1.29, 1.82) is 0 Å². The van der Waals surface area contributed by atoms with Gasteiger partial charge in [0.2, 0.25) is 0 Å². The number of nitro benzene ring substituents is 1. The Morgan fingerprint density at radius 2 is 1.58 bits per heavy atom. The maximum atomic E-state index is 12.5. The Morgan fingerprint density at radius 3 is 2.19 bits per heavy atom. The second-order valence-electron chi connectivity index (χ2n) is 6.60. The molecule has 0 radical (unpaired) electrons. The molecule has 1 aliphatic rings. The fraction of sp³-hybridized carbons (Fsp3) is 0.0455. The first kappa shape index (κ1) is 19.8. The van der Waals surface area contributed by atoms with Gasteiger partial charge in [-0.15, -0.1) is 0 Å². The number of amidine groups is 1. The van der Waals surface area contributed by atoms with Gasteiger partial charge in [0.1, 0.15) is 17.3 Å². The Bertz CT molecular complexity index is 1160. The number of hydrogen-bond donors (Lipinski definition) is 1. The Kier molecular flexibility index (Phi) is 5.39. The van der Waals surface area contributed by atoms with Crippen LogP contribution in [0.1, 0.15) is 16.8 Å². The molecular formula is C22H16N4O5. The third-order valence-electron chi connectivity index (χ3n) is 4.43. The maximum Gasteiger partial charge on any atom is 0.269 e. The van der Waals surface area contributed by atoms with Crippen molar-refractivity contribution in [3.05, 3.63) is 94.5 Å². The van der Waals surface area contributed by atoms with Crippen molar-refractivity contribution in [2.24, 2.45) is 5.10 Å². The van der Waals surface area contributed by atoms with Crippen LogP contribution in [0.2, 0.25) is 0 Å². The lowest BCUT2D eigenvalue weighted by Crippen LogP contribution is -2.29. The zero-order valence-electron chi connectivity index (χ0n) is 16.1. The second-order valence-corrected chi connectivity index (χ2v) is 6.60. The summed E-state index contributed by atoms with van der Waals surface area (Å²) in [4.78, 5) is 34.9. The minimum atomic E-state index is -0.488. The fourth-order valence-corrected chi connectivity index (χ4v) is 2.92. The van der Waals surface area contributed by atoms with Gasteiger partial charge in [-0.3, -0.25) is 19.7 Å². The van der Waals surface area contributed by atoms with E-state index in [1.54, 1.807) is 48.5 Å². The van der Waals surface area contributed by atoms with Crippen molar-refractivity contribution in [3.63, 3.8) is 0 Å². The Labute approximate surface area is 176 Å². The lowest BCUT2D eigenvalue weighted by Gasteiger charge is -2.10. The molecule has 1 aliphatic heterocycles. The molecule has 1 heterocycles. The number of anilines is 1. The summed E-state index contributed by atoms with van der Waals surface area (Å²) >= 11 is 0. The average molecular weight is 416 g/mol. The molecule has 0 saturated heterocycles. The predicted octanol–water partition coefficient (Wildman–Crippen LogP) is 3.87. The van der Waals surface area contributed by atoms with Gasteiger partial charge in [0.25, 0.3) is 17.5 Å². The molecule has 1 N–H and O–H groups in total. The molecule has 4 rings (SSSR count). The molecule has 0 aliphatic carbocycles. The minimum absolute atomic E-state index is 0.00196. The van der Waals surface area contributed by atoms with Gasteiger partial charge in [-0.25, -0.2) is 0 Å². The van der Waals surface area contributed by atoms with Crippen LogP contribution < -0.4 is 15.1 Å². The van der Waals surface area contributed by atoms with Gasteiger partial charge < -0.3 is 10.1 Å². The molecule has 154 valence electrons. The van der Waals surface area contributed by atoms with Gasteiger partial charge in [0.15, 0.2) is 0 Å². The number of nitrogens with zero attached hydrogens (tertiary/aromatic N) is 3. The topological polar surface area (TPSA) is 114 Å². The number of ether oxygens (including phenoxy) is 1. The SMILES string of the molecule is O=C(NC1=NN(c2ccccc2)C(=O)C1)c1ccc(Oc2ccc([N+](=O)[O-])cc2)cc1. The van der Waals surface area contributed by atoms with Crippen LogP contribution in [0.5, 0.6) is 11.5 Å². The lowest BCUT2D eigenvalue weighted by molar-refractivity contribution is -0.384. The summed E-state index contributed by atoms with van der Waals surface area (Å²) in [5.41, 5.74) is 0.965. The van der Waals surface area contributed by atoms with Gasteiger partial charge in [-0.1, -0.05) is 18.2 Å². The van der Waals surface area contributed by atoms with Gasteiger partial charge in [-0.2, -0.15) is 10.1 Å². The third kappa shape index (κ3) is 4.56. The van der Waals surface area contributed by atoms with Crippen LogP contribution in [-0.2, 0) is 4.79 Å². The van der Waals surface area contributed by atoms with E-state index in [1.165, 1.54) is 29.3 Å². The highest BCUT2D eigenvalue weighted by Crippen LogP contribution is 2.24.